The molecule has 114 valence electrons. The first kappa shape index (κ1) is 17.2. The predicted molar refractivity (Wildman–Crippen MR) is 85.9 cm³/mol. The molecule has 0 aliphatic carbocycles. The average Bonchev–Trinajstić information content (AvgIpc) is 2.42. The zero-order valence-electron chi connectivity index (χ0n) is 12.9. The largest absolute Gasteiger partial charge is 0.317 e. The van der Waals surface area contributed by atoms with Crippen LogP contribution in [-0.2, 0) is 16.3 Å². The third kappa shape index (κ3) is 6.53. The van der Waals surface area contributed by atoms with Crippen molar-refractivity contribution in [2.75, 3.05) is 18.6 Å². The summed E-state index contributed by atoms with van der Waals surface area (Å²) in [6, 6.07) is 8.96. The molecule has 0 saturated heterocycles. The maximum absolute atomic E-state index is 11.5. The van der Waals surface area contributed by atoms with Gasteiger partial charge in [-0.1, -0.05) is 36.8 Å². The van der Waals surface area contributed by atoms with Gasteiger partial charge in [0.1, 0.15) is 9.84 Å². The van der Waals surface area contributed by atoms with Crippen molar-refractivity contribution in [3.8, 4) is 0 Å². The molecule has 0 aliphatic rings. The molecule has 0 fully saturated rings. The molecular weight excluding hydrogens is 270 g/mol. The summed E-state index contributed by atoms with van der Waals surface area (Å²) in [5.41, 5.74) is 2.64. The van der Waals surface area contributed by atoms with Gasteiger partial charge >= 0.3 is 0 Å². The Balaban J connectivity index is 2.36. The van der Waals surface area contributed by atoms with E-state index in [1.54, 1.807) is 6.92 Å². The van der Waals surface area contributed by atoms with E-state index in [1.165, 1.54) is 11.1 Å². The fourth-order valence-electron chi connectivity index (χ4n) is 2.34. The first-order valence-electron chi connectivity index (χ1n) is 7.40. The van der Waals surface area contributed by atoms with E-state index in [2.05, 4.69) is 36.5 Å². The minimum Gasteiger partial charge on any atom is -0.317 e. The molecule has 0 aromatic heterocycles. The lowest BCUT2D eigenvalue weighted by atomic mass is 10.0. The Morgan fingerprint density at radius 2 is 2.00 bits per heavy atom. The van der Waals surface area contributed by atoms with Crippen molar-refractivity contribution in [3.63, 3.8) is 0 Å². The van der Waals surface area contributed by atoms with Crippen LogP contribution in [-0.4, -0.2) is 33.0 Å². The third-order valence-electron chi connectivity index (χ3n) is 3.72. The van der Waals surface area contributed by atoms with E-state index >= 15 is 0 Å². The van der Waals surface area contributed by atoms with Gasteiger partial charge in [-0.2, -0.15) is 0 Å². The Morgan fingerprint density at radius 1 is 1.25 bits per heavy atom. The molecule has 4 heteroatoms. The fraction of sp³-hybridized carbons (Fsp3) is 0.625. The molecule has 1 atom stereocenters. The van der Waals surface area contributed by atoms with E-state index in [4.69, 9.17) is 0 Å². The Morgan fingerprint density at radius 3 is 2.60 bits per heavy atom. The van der Waals surface area contributed by atoms with Gasteiger partial charge in [0.2, 0.25) is 0 Å². The first-order valence-corrected chi connectivity index (χ1v) is 9.22. The molecule has 1 N–H and O–H groups in total. The highest BCUT2D eigenvalue weighted by molar-refractivity contribution is 7.91. The average molecular weight is 297 g/mol. The molecule has 1 unspecified atom stereocenters. The predicted octanol–water partition coefficient (Wildman–Crippen LogP) is 2.73. The van der Waals surface area contributed by atoms with Gasteiger partial charge in [-0.15, -0.1) is 0 Å². The Hall–Kier alpha value is -0.870. The van der Waals surface area contributed by atoms with E-state index in [1.807, 2.05) is 7.05 Å². The van der Waals surface area contributed by atoms with E-state index in [0.29, 0.717) is 11.8 Å². The number of nitrogens with one attached hydrogen (secondary N) is 1. The van der Waals surface area contributed by atoms with Gasteiger partial charge in [0.25, 0.3) is 0 Å². The summed E-state index contributed by atoms with van der Waals surface area (Å²) in [5, 5.41) is 3.30. The molecule has 0 saturated carbocycles. The molecule has 1 rings (SSSR count). The standard InChI is InChI=1S/C16H27NO2S/c1-4-20(18,19)12-6-9-16(17-3)11-10-15-8-5-7-14(2)13-15/h5,7-8,13,16-17H,4,6,9-12H2,1-3H3. The van der Waals surface area contributed by atoms with E-state index in [0.717, 1.165) is 25.7 Å². The van der Waals surface area contributed by atoms with Crippen LogP contribution in [0.3, 0.4) is 0 Å². The highest BCUT2D eigenvalue weighted by Crippen LogP contribution is 2.11. The van der Waals surface area contributed by atoms with Gasteiger partial charge in [-0.05, 0) is 45.2 Å². The Kier molecular flexibility index (Phi) is 7.24. The molecule has 0 spiro atoms. The van der Waals surface area contributed by atoms with Gasteiger partial charge in [0.05, 0.1) is 5.75 Å². The number of rotatable bonds is 9. The number of aryl methyl sites for hydroxylation is 2. The summed E-state index contributed by atoms with van der Waals surface area (Å²) in [4.78, 5) is 0. The van der Waals surface area contributed by atoms with Crippen LogP contribution in [0.1, 0.15) is 37.3 Å². The van der Waals surface area contributed by atoms with Crippen LogP contribution in [0.5, 0.6) is 0 Å². The van der Waals surface area contributed by atoms with E-state index < -0.39 is 9.84 Å². The highest BCUT2D eigenvalue weighted by atomic mass is 32.2. The lowest BCUT2D eigenvalue weighted by Gasteiger charge is -2.16. The Bertz CT molecular complexity index is 497. The first-order chi connectivity index (χ1) is 9.46. The smallest absolute Gasteiger partial charge is 0.150 e. The number of hydrogen-bond donors (Lipinski definition) is 1. The van der Waals surface area contributed by atoms with Crippen molar-refractivity contribution in [2.45, 2.75) is 45.6 Å². The second kappa shape index (κ2) is 8.42. The van der Waals surface area contributed by atoms with Crippen molar-refractivity contribution in [3.05, 3.63) is 35.4 Å². The second-order valence-corrected chi connectivity index (χ2v) is 7.86. The highest BCUT2D eigenvalue weighted by Gasteiger charge is 2.11. The zero-order valence-corrected chi connectivity index (χ0v) is 13.7. The van der Waals surface area contributed by atoms with Crippen LogP contribution in [0, 0.1) is 6.92 Å². The SMILES string of the molecule is CCS(=O)(=O)CCCC(CCc1cccc(C)c1)NC. The van der Waals surface area contributed by atoms with Gasteiger partial charge < -0.3 is 5.32 Å². The van der Waals surface area contributed by atoms with Crippen LogP contribution in [0.2, 0.25) is 0 Å². The van der Waals surface area contributed by atoms with Crippen molar-refractivity contribution >= 4 is 9.84 Å². The molecule has 0 aliphatic heterocycles. The lowest BCUT2D eigenvalue weighted by Crippen LogP contribution is -2.26. The molecule has 1 aromatic carbocycles. The summed E-state index contributed by atoms with van der Waals surface area (Å²) in [6.07, 6.45) is 3.75. The molecule has 0 bridgehead atoms. The van der Waals surface area contributed by atoms with E-state index in [9.17, 15) is 8.42 Å². The summed E-state index contributed by atoms with van der Waals surface area (Å²) < 4.78 is 22.9. The molecule has 0 amide bonds. The molecular formula is C16H27NO2S. The molecule has 0 heterocycles. The van der Waals surface area contributed by atoms with Crippen molar-refractivity contribution < 1.29 is 8.42 Å². The van der Waals surface area contributed by atoms with Crippen molar-refractivity contribution in [1.29, 1.82) is 0 Å². The molecule has 3 nitrogen and oxygen atoms in total. The van der Waals surface area contributed by atoms with Crippen molar-refractivity contribution in [2.24, 2.45) is 0 Å². The molecule has 20 heavy (non-hydrogen) atoms. The normalized spacial score (nSPS) is 13.3. The summed E-state index contributed by atoms with van der Waals surface area (Å²) in [6.45, 7) is 3.82. The maximum Gasteiger partial charge on any atom is 0.150 e. The monoisotopic (exact) mass is 297 g/mol. The summed E-state index contributed by atoms with van der Waals surface area (Å²) in [7, 11) is -0.870. The Labute approximate surface area is 123 Å². The molecule has 1 aromatic rings. The lowest BCUT2D eigenvalue weighted by molar-refractivity contribution is 0.482. The van der Waals surface area contributed by atoms with Crippen LogP contribution in [0.25, 0.3) is 0 Å². The van der Waals surface area contributed by atoms with Crippen LogP contribution < -0.4 is 5.32 Å². The second-order valence-electron chi connectivity index (χ2n) is 5.39. The molecule has 0 radical (unpaired) electrons. The van der Waals surface area contributed by atoms with Gasteiger partial charge in [-0.25, -0.2) is 8.42 Å². The quantitative estimate of drug-likeness (QED) is 0.762. The topological polar surface area (TPSA) is 46.2 Å². The van der Waals surface area contributed by atoms with E-state index in [-0.39, 0.29) is 5.75 Å². The minimum absolute atomic E-state index is 0.251. The van der Waals surface area contributed by atoms with Gasteiger partial charge in [-0.3, -0.25) is 0 Å². The van der Waals surface area contributed by atoms with Gasteiger partial charge in [0.15, 0.2) is 0 Å². The van der Waals surface area contributed by atoms with Crippen LogP contribution in [0.15, 0.2) is 24.3 Å². The fourth-order valence-corrected chi connectivity index (χ4v) is 3.23. The van der Waals surface area contributed by atoms with Crippen LogP contribution in [0.4, 0.5) is 0 Å². The number of hydrogen-bond acceptors (Lipinski definition) is 3. The van der Waals surface area contributed by atoms with Gasteiger partial charge in [0, 0.05) is 11.8 Å². The summed E-state index contributed by atoms with van der Waals surface area (Å²) in [5.74, 6) is 0.562. The van der Waals surface area contributed by atoms with Crippen LogP contribution >= 0.6 is 0 Å². The minimum atomic E-state index is -2.82. The van der Waals surface area contributed by atoms with Crippen molar-refractivity contribution in [1.82, 2.24) is 5.32 Å². The summed E-state index contributed by atoms with van der Waals surface area (Å²) >= 11 is 0. The third-order valence-corrected chi connectivity index (χ3v) is 5.51. The number of benzene rings is 1. The number of sulfone groups is 1. The maximum atomic E-state index is 11.5. The zero-order chi connectivity index (χ0) is 15.0.